The Labute approximate surface area is 160 Å². The Bertz CT molecular complexity index is 545. The molecule has 0 spiro atoms. The number of nitrogens with zero attached hydrogens (tertiary/aromatic N) is 5. The molecule has 0 saturated carbocycles. The highest BCUT2D eigenvalue weighted by Crippen LogP contribution is 2.29. The average molecular weight is 446 g/mol. The molecule has 0 aromatic carbocycles. The molecule has 2 fully saturated rings. The van der Waals surface area contributed by atoms with Crippen molar-refractivity contribution in [1.29, 1.82) is 0 Å². The Morgan fingerprint density at radius 2 is 1.96 bits per heavy atom. The zero-order valence-electron chi connectivity index (χ0n) is 14.4. The van der Waals surface area contributed by atoms with Gasteiger partial charge in [0.2, 0.25) is 5.95 Å². The van der Waals surface area contributed by atoms with Gasteiger partial charge in [0.15, 0.2) is 5.96 Å². The van der Waals surface area contributed by atoms with Crippen LogP contribution in [0.5, 0.6) is 0 Å². The van der Waals surface area contributed by atoms with Gasteiger partial charge in [0, 0.05) is 38.6 Å². The highest BCUT2D eigenvalue weighted by atomic mass is 127. The summed E-state index contributed by atoms with van der Waals surface area (Å²) < 4.78 is 5.96. The minimum absolute atomic E-state index is 0. The van der Waals surface area contributed by atoms with Crippen molar-refractivity contribution in [3.63, 3.8) is 0 Å². The molecule has 0 radical (unpaired) electrons. The lowest BCUT2D eigenvalue weighted by molar-refractivity contribution is -0.0107. The van der Waals surface area contributed by atoms with Crippen molar-refractivity contribution in [2.75, 3.05) is 37.6 Å². The molecule has 0 aliphatic carbocycles. The van der Waals surface area contributed by atoms with Gasteiger partial charge in [0.05, 0.1) is 18.2 Å². The molecular weight excluding hydrogens is 419 g/mol. The van der Waals surface area contributed by atoms with E-state index in [4.69, 9.17) is 10.5 Å². The Hall–Kier alpha value is -1.16. The van der Waals surface area contributed by atoms with Gasteiger partial charge < -0.3 is 20.3 Å². The molecule has 2 saturated heterocycles. The average Bonchev–Trinajstić information content (AvgIpc) is 2.93. The summed E-state index contributed by atoms with van der Waals surface area (Å²) >= 11 is 0. The third kappa shape index (κ3) is 4.92. The third-order valence-corrected chi connectivity index (χ3v) is 4.45. The van der Waals surface area contributed by atoms with Gasteiger partial charge in [0.1, 0.15) is 0 Å². The molecule has 8 heteroatoms. The van der Waals surface area contributed by atoms with E-state index in [0.29, 0.717) is 12.5 Å². The molecule has 134 valence electrons. The van der Waals surface area contributed by atoms with Gasteiger partial charge in [-0.05, 0) is 32.8 Å². The lowest BCUT2D eigenvalue weighted by atomic mass is 10.1. The zero-order valence-corrected chi connectivity index (χ0v) is 16.7. The van der Waals surface area contributed by atoms with Crippen LogP contribution in [-0.4, -0.2) is 65.3 Å². The van der Waals surface area contributed by atoms with Crippen LogP contribution in [0.15, 0.2) is 23.5 Å². The molecule has 3 heterocycles. The topological polar surface area (TPSA) is 79.9 Å². The first-order valence-corrected chi connectivity index (χ1v) is 8.28. The van der Waals surface area contributed by atoms with Gasteiger partial charge in [-0.15, -0.1) is 24.0 Å². The number of guanidine groups is 1. The number of nitrogens with two attached hydrogens (primary N) is 1. The number of ether oxygens (including phenoxy) is 1. The van der Waals surface area contributed by atoms with Crippen molar-refractivity contribution >= 4 is 35.9 Å². The first-order chi connectivity index (χ1) is 11.0. The second-order valence-corrected chi connectivity index (χ2v) is 6.76. The monoisotopic (exact) mass is 446 g/mol. The molecule has 7 nitrogen and oxygen atoms in total. The highest BCUT2D eigenvalue weighted by Gasteiger charge is 2.31. The molecule has 0 amide bonds. The van der Waals surface area contributed by atoms with Gasteiger partial charge in [-0.3, -0.25) is 4.99 Å². The summed E-state index contributed by atoms with van der Waals surface area (Å²) in [6.45, 7) is 8.29. The van der Waals surface area contributed by atoms with E-state index >= 15 is 0 Å². The van der Waals surface area contributed by atoms with Gasteiger partial charge in [0.25, 0.3) is 0 Å². The van der Waals surface area contributed by atoms with Gasteiger partial charge in [-0.1, -0.05) is 0 Å². The van der Waals surface area contributed by atoms with E-state index < -0.39 is 0 Å². The summed E-state index contributed by atoms with van der Waals surface area (Å²) in [4.78, 5) is 17.4. The van der Waals surface area contributed by atoms with Crippen LogP contribution in [0.4, 0.5) is 5.95 Å². The van der Waals surface area contributed by atoms with Gasteiger partial charge >= 0.3 is 0 Å². The molecule has 0 bridgehead atoms. The summed E-state index contributed by atoms with van der Waals surface area (Å²) in [5.74, 6) is 1.40. The fourth-order valence-electron chi connectivity index (χ4n) is 3.09. The lowest BCUT2D eigenvalue weighted by Crippen LogP contribution is -2.51. The van der Waals surface area contributed by atoms with Gasteiger partial charge in [-0.2, -0.15) is 0 Å². The minimum atomic E-state index is -0.0176. The van der Waals surface area contributed by atoms with Crippen molar-refractivity contribution in [1.82, 2.24) is 14.9 Å². The van der Waals surface area contributed by atoms with Crippen LogP contribution >= 0.6 is 24.0 Å². The maximum absolute atomic E-state index is 6.15. The quantitative estimate of drug-likeness (QED) is 0.431. The fraction of sp³-hybridized carbons (Fsp3) is 0.688. The van der Waals surface area contributed by atoms with E-state index in [1.807, 2.05) is 6.07 Å². The number of hydrogen-bond acceptors (Lipinski definition) is 5. The lowest BCUT2D eigenvalue weighted by Gasteiger charge is -2.35. The summed E-state index contributed by atoms with van der Waals surface area (Å²) in [5, 5.41) is 0. The maximum atomic E-state index is 6.15. The number of hydrogen-bond donors (Lipinski definition) is 1. The molecule has 1 aromatic rings. The summed E-state index contributed by atoms with van der Waals surface area (Å²) in [6.07, 6.45) is 5.88. The number of aliphatic imine (C=N–C) groups is 1. The molecule has 24 heavy (non-hydrogen) atoms. The van der Waals surface area contributed by atoms with Gasteiger partial charge in [-0.25, -0.2) is 9.97 Å². The predicted molar refractivity (Wildman–Crippen MR) is 106 cm³/mol. The Morgan fingerprint density at radius 3 is 2.54 bits per heavy atom. The maximum Gasteiger partial charge on any atom is 0.225 e. The summed E-state index contributed by atoms with van der Waals surface area (Å²) in [5.41, 5.74) is 6.13. The molecule has 2 aliphatic heterocycles. The van der Waals surface area contributed by atoms with Crippen LogP contribution in [0.3, 0.4) is 0 Å². The largest absolute Gasteiger partial charge is 0.370 e. The molecule has 1 atom stereocenters. The molecule has 2 aliphatic rings. The summed E-state index contributed by atoms with van der Waals surface area (Å²) in [6, 6.07) is 1.83. The van der Waals surface area contributed by atoms with Crippen molar-refractivity contribution < 1.29 is 4.74 Å². The third-order valence-electron chi connectivity index (χ3n) is 4.45. The SMILES string of the molecule is CC1(C)CCC(CN=C(N)N2CCN(c3ncccn3)CC2)O1.I. The smallest absolute Gasteiger partial charge is 0.225 e. The first-order valence-electron chi connectivity index (χ1n) is 8.28. The summed E-state index contributed by atoms with van der Waals surface area (Å²) in [7, 11) is 0. The van der Waals surface area contributed by atoms with E-state index in [0.717, 1.165) is 45.0 Å². The fourth-order valence-corrected chi connectivity index (χ4v) is 3.09. The second kappa shape index (κ2) is 8.28. The van der Waals surface area contributed by atoms with Crippen molar-refractivity contribution in [2.24, 2.45) is 10.7 Å². The molecule has 1 aromatic heterocycles. The number of halogens is 1. The number of aromatic nitrogens is 2. The number of anilines is 1. The van der Waals surface area contributed by atoms with Crippen LogP contribution in [-0.2, 0) is 4.74 Å². The molecular formula is C16H27IN6O. The molecule has 3 rings (SSSR count). The second-order valence-electron chi connectivity index (χ2n) is 6.76. The molecule has 2 N–H and O–H groups in total. The number of piperazine rings is 1. The molecule has 1 unspecified atom stereocenters. The van der Waals surface area contributed by atoms with E-state index in [1.54, 1.807) is 12.4 Å². The van der Waals surface area contributed by atoms with E-state index in [2.05, 4.69) is 38.6 Å². The van der Waals surface area contributed by atoms with E-state index in [9.17, 15) is 0 Å². The normalized spacial score (nSPS) is 23.9. The van der Waals surface area contributed by atoms with Crippen molar-refractivity contribution in [3.8, 4) is 0 Å². The van der Waals surface area contributed by atoms with E-state index in [1.165, 1.54) is 0 Å². The van der Waals surface area contributed by atoms with Crippen LogP contribution < -0.4 is 10.6 Å². The van der Waals surface area contributed by atoms with Crippen LogP contribution in [0.2, 0.25) is 0 Å². The highest BCUT2D eigenvalue weighted by molar-refractivity contribution is 14.0. The predicted octanol–water partition coefficient (Wildman–Crippen LogP) is 1.49. The Kier molecular flexibility index (Phi) is 6.62. The van der Waals surface area contributed by atoms with Crippen LogP contribution in [0, 0.1) is 0 Å². The van der Waals surface area contributed by atoms with Crippen LogP contribution in [0.25, 0.3) is 0 Å². The first kappa shape index (κ1) is 19.2. The zero-order chi connectivity index (χ0) is 16.3. The number of rotatable bonds is 3. The minimum Gasteiger partial charge on any atom is -0.370 e. The van der Waals surface area contributed by atoms with Crippen molar-refractivity contribution in [3.05, 3.63) is 18.5 Å². The van der Waals surface area contributed by atoms with E-state index in [-0.39, 0.29) is 35.7 Å². The Morgan fingerprint density at radius 1 is 1.29 bits per heavy atom. The van der Waals surface area contributed by atoms with Crippen molar-refractivity contribution in [2.45, 2.75) is 38.4 Å². The standard InChI is InChI=1S/C16H26N6O.HI/c1-16(2)5-4-13(23-16)12-20-14(17)21-8-10-22(11-9-21)15-18-6-3-7-19-15;/h3,6-7,13H,4-5,8-12H2,1-2H3,(H2,17,20);1H. The Balaban J connectivity index is 0.00000208. The van der Waals surface area contributed by atoms with Crippen LogP contribution in [0.1, 0.15) is 26.7 Å².